The van der Waals surface area contributed by atoms with Crippen molar-refractivity contribution in [2.24, 2.45) is 5.73 Å². The summed E-state index contributed by atoms with van der Waals surface area (Å²) in [6.45, 7) is 0.395. The highest BCUT2D eigenvalue weighted by Gasteiger charge is 2.15. The average Bonchev–Trinajstić information content (AvgIpc) is 3.10. The van der Waals surface area contributed by atoms with E-state index in [0.717, 1.165) is 22.9 Å². The summed E-state index contributed by atoms with van der Waals surface area (Å²) in [5.74, 6) is 0. The van der Waals surface area contributed by atoms with E-state index in [1.165, 1.54) is 16.2 Å². The molecule has 92 valence electrons. The first-order chi connectivity index (χ1) is 8.88. The first-order valence-electron chi connectivity index (χ1n) is 5.44. The number of rotatable bonds is 4. The van der Waals surface area contributed by atoms with Gasteiger partial charge in [0.1, 0.15) is 5.69 Å². The molecule has 0 aliphatic rings. The van der Waals surface area contributed by atoms with Crippen molar-refractivity contribution < 1.29 is 0 Å². The third kappa shape index (κ3) is 2.07. The summed E-state index contributed by atoms with van der Waals surface area (Å²) in [7, 11) is 0. The van der Waals surface area contributed by atoms with Crippen molar-refractivity contribution >= 4 is 22.7 Å². The van der Waals surface area contributed by atoms with Crippen LogP contribution in [-0.4, -0.2) is 20.0 Å². The second-order valence-electron chi connectivity index (χ2n) is 3.67. The van der Waals surface area contributed by atoms with Crippen molar-refractivity contribution in [2.45, 2.75) is 13.0 Å². The van der Waals surface area contributed by atoms with Crippen LogP contribution in [0, 0.1) is 0 Å². The highest BCUT2D eigenvalue weighted by atomic mass is 32.1. The van der Waals surface area contributed by atoms with Crippen LogP contribution in [0.4, 0.5) is 0 Å². The van der Waals surface area contributed by atoms with E-state index in [2.05, 4.69) is 26.7 Å². The van der Waals surface area contributed by atoms with Crippen LogP contribution in [0.1, 0.15) is 16.3 Å². The largest absolute Gasteiger partial charge is 0.325 e. The van der Waals surface area contributed by atoms with Crippen molar-refractivity contribution in [3.8, 4) is 5.13 Å². The monoisotopic (exact) mass is 277 g/mol. The molecule has 0 saturated heterocycles. The fourth-order valence-electron chi connectivity index (χ4n) is 1.72. The van der Waals surface area contributed by atoms with Crippen LogP contribution in [-0.2, 0) is 13.0 Å². The van der Waals surface area contributed by atoms with Gasteiger partial charge in [0.2, 0.25) is 5.13 Å². The molecule has 2 N–H and O–H groups in total. The Bertz CT molecular complexity index is 612. The van der Waals surface area contributed by atoms with E-state index in [1.54, 1.807) is 22.2 Å². The van der Waals surface area contributed by atoms with E-state index in [0.29, 0.717) is 6.54 Å². The van der Waals surface area contributed by atoms with Gasteiger partial charge in [0, 0.05) is 29.4 Å². The Morgan fingerprint density at radius 1 is 1.28 bits per heavy atom. The zero-order chi connectivity index (χ0) is 12.4. The Kier molecular flexibility index (Phi) is 3.18. The van der Waals surface area contributed by atoms with Gasteiger partial charge in [-0.2, -0.15) is 4.68 Å². The Morgan fingerprint density at radius 3 is 2.89 bits per heavy atom. The lowest BCUT2D eigenvalue weighted by atomic mass is 10.2. The van der Waals surface area contributed by atoms with Gasteiger partial charge in [-0.05, 0) is 11.4 Å². The summed E-state index contributed by atoms with van der Waals surface area (Å²) in [5.41, 5.74) is 7.57. The molecule has 0 unspecified atom stereocenters. The van der Waals surface area contributed by atoms with E-state index in [4.69, 9.17) is 5.73 Å². The van der Waals surface area contributed by atoms with Crippen LogP contribution in [0.15, 0.2) is 29.1 Å². The molecule has 7 heteroatoms. The Hall–Kier alpha value is -1.57. The van der Waals surface area contributed by atoms with Crippen LogP contribution >= 0.6 is 22.7 Å². The zero-order valence-electron chi connectivity index (χ0n) is 9.48. The Morgan fingerprint density at radius 2 is 2.22 bits per heavy atom. The Balaban J connectivity index is 2.02. The maximum atomic E-state index is 5.72. The summed E-state index contributed by atoms with van der Waals surface area (Å²) in [4.78, 5) is 5.53. The second-order valence-corrected chi connectivity index (χ2v) is 5.57. The Labute approximate surface area is 112 Å². The van der Waals surface area contributed by atoms with Gasteiger partial charge in [0.15, 0.2) is 0 Å². The van der Waals surface area contributed by atoms with Crippen LogP contribution in [0.5, 0.6) is 0 Å². The van der Waals surface area contributed by atoms with Crippen molar-refractivity contribution in [2.75, 3.05) is 0 Å². The lowest BCUT2D eigenvalue weighted by Gasteiger charge is -2.03. The quantitative estimate of drug-likeness (QED) is 0.790. The fourth-order valence-corrected chi connectivity index (χ4v) is 3.04. The average molecular weight is 277 g/mol. The van der Waals surface area contributed by atoms with Gasteiger partial charge < -0.3 is 5.73 Å². The molecular formula is C11H11N5S2. The van der Waals surface area contributed by atoms with Gasteiger partial charge >= 0.3 is 0 Å². The predicted octanol–water partition coefficient (Wildman–Crippen LogP) is 1.83. The minimum atomic E-state index is 0.395. The van der Waals surface area contributed by atoms with Crippen LogP contribution in [0.3, 0.4) is 0 Å². The number of nitrogens with zero attached hydrogens (tertiary/aromatic N) is 4. The van der Waals surface area contributed by atoms with Gasteiger partial charge in [-0.1, -0.05) is 11.3 Å². The summed E-state index contributed by atoms with van der Waals surface area (Å²) >= 11 is 3.26. The topological polar surface area (TPSA) is 69.6 Å². The zero-order valence-corrected chi connectivity index (χ0v) is 11.1. The predicted molar refractivity (Wildman–Crippen MR) is 72.0 cm³/mol. The number of hydrogen-bond donors (Lipinski definition) is 1. The summed E-state index contributed by atoms with van der Waals surface area (Å²) in [6, 6.07) is 4.14. The number of hydrogen-bond acceptors (Lipinski definition) is 6. The molecule has 0 spiro atoms. The van der Waals surface area contributed by atoms with Crippen molar-refractivity contribution in [3.05, 3.63) is 45.4 Å². The van der Waals surface area contributed by atoms with Crippen molar-refractivity contribution in [3.63, 3.8) is 0 Å². The van der Waals surface area contributed by atoms with Crippen LogP contribution in [0.25, 0.3) is 5.13 Å². The van der Waals surface area contributed by atoms with Gasteiger partial charge in [0.25, 0.3) is 0 Å². The number of thiophene rings is 1. The molecule has 0 bridgehead atoms. The number of aromatic nitrogens is 4. The molecule has 0 aliphatic carbocycles. The van der Waals surface area contributed by atoms with Gasteiger partial charge in [-0.25, -0.2) is 4.98 Å². The molecule has 0 atom stereocenters. The summed E-state index contributed by atoms with van der Waals surface area (Å²) in [5, 5.41) is 13.1. The molecule has 0 saturated carbocycles. The molecule has 0 radical (unpaired) electrons. The number of thiazole rings is 1. The molecule has 0 aliphatic heterocycles. The highest BCUT2D eigenvalue weighted by molar-refractivity contribution is 7.12. The third-order valence-electron chi connectivity index (χ3n) is 2.56. The molecular weight excluding hydrogens is 266 g/mol. The van der Waals surface area contributed by atoms with E-state index in [-0.39, 0.29) is 0 Å². The molecule has 0 aromatic carbocycles. The first kappa shape index (κ1) is 11.5. The van der Waals surface area contributed by atoms with E-state index in [9.17, 15) is 0 Å². The molecule has 3 heterocycles. The third-order valence-corrected chi connectivity index (χ3v) is 4.18. The molecule has 5 nitrogen and oxygen atoms in total. The standard InChI is InChI=1S/C11H11N5S2/c12-7-9-10(6-8-2-1-4-17-8)16(15-14-9)11-13-3-5-18-11/h1-5H,6-7,12H2. The molecule has 3 rings (SSSR count). The molecule has 0 amide bonds. The highest BCUT2D eigenvalue weighted by Crippen LogP contribution is 2.20. The minimum absolute atomic E-state index is 0.395. The molecule has 0 fully saturated rings. The van der Waals surface area contributed by atoms with E-state index in [1.807, 2.05) is 11.4 Å². The van der Waals surface area contributed by atoms with E-state index < -0.39 is 0 Å². The molecule has 3 aromatic rings. The van der Waals surface area contributed by atoms with Gasteiger partial charge in [-0.3, -0.25) is 0 Å². The van der Waals surface area contributed by atoms with E-state index >= 15 is 0 Å². The minimum Gasteiger partial charge on any atom is -0.325 e. The second kappa shape index (κ2) is 4.97. The normalized spacial score (nSPS) is 10.9. The van der Waals surface area contributed by atoms with Crippen molar-refractivity contribution in [1.82, 2.24) is 20.0 Å². The van der Waals surface area contributed by atoms with Crippen molar-refractivity contribution in [1.29, 1.82) is 0 Å². The first-order valence-corrected chi connectivity index (χ1v) is 7.20. The molecule has 3 aromatic heterocycles. The van der Waals surface area contributed by atoms with Crippen LogP contribution < -0.4 is 5.73 Å². The lowest BCUT2D eigenvalue weighted by molar-refractivity contribution is 0.767. The SMILES string of the molecule is NCc1nnn(-c2nccs2)c1Cc1cccs1. The summed E-state index contributed by atoms with van der Waals surface area (Å²) in [6.07, 6.45) is 2.55. The number of nitrogens with two attached hydrogens (primary N) is 1. The van der Waals surface area contributed by atoms with Gasteiger partial charge in [-0.15, -0.1) is 27.8 Å². The smallest absolute Gasteiger partial charge is 0.211 e. The van der Waals surface area contributed by atoms with Gasteiger partial charge in [0.05, 0.1) is 5.69 Å². The lowest BCUT2D eigenvalue weighted by Crippen LogP contribution is -2.06. The fraction of sp³-hybridized carbons (Fsp3) is 0.182. The summed E-state index contributed by atoms with van der Waals surface area (Å²) < 4.78 is 1.78. The maximum Gasteiger partial charge on any atom is 0.211 e. The maximum absolute atomic E-state index is 5.72. The molecule has 18 heavy (non-hydrogen) atoms. The van der Waals surface area contributed by atoms with Crippen LogP contribution in [0.2, 0.25) is 0 Å².